The molecule has 12 rings (SSSR count). The van der Waals surface area contributed by atoms with Crippen LogP contribution in [0.2, 0.25) is 0 Å². The highest BCUT2D eigenvalue weighted by Gasteiger charge is 2.20. The zero-order valence-corrected chi connectivity index (χ0v) is 31.3. The molecule has 5 nitrogen and oxygen atoms in total. The lowest BCUT2D eigenvalue weighted by Gasteiger charge is -2.11. The Morgan fingerprint density at radius 2 is 0.845 bits per heavy atom. The second-order valence-corrected chi connectivity index (χ2v) is 14.8. The molecule has 0 saturated carbocycles. The quantitative estimate of drug-likeness (QED) is 0.165. The fraction of sp³-hybridized carbons (Fsp3) is 0. The van der Waals surface area contributed by atoms with Crippen LogP contribution in [-0.2, 0) is 0 Å². The lowest BCUT2D eigenvalue weighted by Crippen LogP contribution is -2.00. The largest absolute Gasteiger partial charge is 0.309 e. The Morgan fingerprint density at radius 3 is 1.53 bits per heavy atom. The summed E-state index contributed by atoms with van der Waals surface area (Å²) in [6, 6.07) is 70.9. The third-order valence-electron chi connectivity index (χ3n) is 11.5. The van der Waals surface area contributed by atoms with E-state index in [1.54, 1.807) is 0 Å². The van der Waals surface area contributed by atoms with Crippen LogP contribution in [0.4, 0.5) is 0 Å². The molecule has 0 saturated heterocycles. The van der Waals surface area contributed by atoms with Gasteiger partial charge >= 0.3 is 0 Å². The van der Waals surface area contributed by atoms with Crippen LogP contribution in [0.25, 0.3) is 111 Å². The highest BCUT2D eigenvalue weighted by Crippen LogP contribution is 2.41. The van der Waals surface area contributed by atoms with Gasteiger partial charge < -0.3 is 8.97 Å². The number of aromatic nitrogens is 5. The third-order valence-corrected chi connectivity index (χ3v) is 11.5. The van der Waals surface area contributed by atoms with Gasteiger partial charge in [0.1, 0.15) is 0 Å². The lowest BCUT2D eigenvalue weighted by atomic mass is 10.0. The Morgan fingerprint density at radius 1 is 0.310 bits per heavy atom. The Kier molecular flexibility index (Phi) is 7.16. The van der Waals surface area contributed by atoms with Crippen LogP contribution < -0.4 is 0 Å². The summed E-state index contributed by atoms with van der Waals surface area (Å²) < 4.78 is 4.90. The first-order valence-corrected chi connectivity index (χ1v) is 19.6. The van der Waals surface area contributed by atoms with Gasteiger partial charge in [0.25, 0.3) is 0 Å². The van der Waals surface area contributed by atoms with Crippen LogP contribution in [0.1, 0.15) is 0 Å². The molecule has 0 amide bonds. The van der Waals surface area contributed by atoms with Gasteiger partial charge in [-0.25, -0.2) is 15.0 Å². The fourth-order valence-electron chi connectivity index (χ4n) is 8.89. The van der Waals surface area contributed by atoms with Gasteiger partial charge in [0, 0.05) is 49.3 Å². The average Bonchev–Trinajstić information content (AvgIpc) is 3.86. The van der Waals surface area contributed by atoms with E-state index in [1.165, 1.54) is 59.9 Å². The maximum Gasteiger partial charge on any atom is 0.164 e. The van der Waals surface area contributed by atoms with Gasteiger partial charge in [0.2, 0.25) is 0 Å². The van der Waals surface area contributed by atoms with Gasteiger partial charge in [0.15, 0.2) is 17.5 Å². The molecule has 0 aliphatic heterocycles. The monoisotopic (exact) mass is 739 g/mol. The van der Waals surface area contributed by atoms with Crippen molar-refractivity contribution in [2.24, 2.45) is 0 Å². The first-order valence-electron chi connectivity index (χ1n) is 19.6. The van der Waals surface area contributed by atoms with Gasteiger partial charge in [-0.15, -0.1) is 0 Å². The number of benzene rings is 8. The summed E-state index contributed by atoms with van der Waals surface area (Å²) in [6.45, 7) is 0. The van der Waals surface area contributed by atoms with E-state index in [1.807, 2.05) is 60.7 Å². The summed E-state index contributed by atoms with van der Waals surface area (Å²) in [5.74, 6) is 1.94. The zero-order chi connectivity index (χ0) is 38.2. The highest BCUT2D eigenvalue weighted by molar-refractivity contribution is 6.24. The number of fused-ring (bicyclic) bond motifs is 12. The van der Waals surface area contributed by atoms with E-state index in [2.05, 4.69) is 148 Å². The van der Waals surface area contributed by atoms with Crippen molar-refractivity contribution in [1.82, 2.24) is 23.9 Å². The molecule has 0 aliphatic carbocycles. The summed E-state index contributed by atoms with van der Waals surface area (Å²) in [5.41, 5.74) is 12.2. The van der Waals surface area contributed by atoms with Crippen molar-refractivity contribution in [3.63, 3.8) is 0 Å². The van der Waals surface area contributed by atoms with Crippen LogP contribution >= 0.6 is 0 Å². The Bertz CT molecular complexity index is 3490. The first kappa shape index (κ1) is 32.4. The maximum atomic E-state index is 4.98. The van der Waals surface area contributed by atoms with Crippen LogP contribution in [0.3, 0.4) is 0 Å². The summed E-state index contributed by atoms with van der Waals surface area (Å²) >= 11 is 0. The molecule has 12 aromatic rings. The van der Waals surface area contributed by atoms with Crippen LogP contribution in [-0.4, -0.2) is 23.9 Å². The maximum absolute atomic E-state index is 4.98. The van der Waals surface area contributed by atoms with E-state index in [9.17, 15) is 0 Å². The number of rotatable bonds is 5. The molecule has 0 bridgehead atoms. The molecule has 0 spiro atoms. The van der Waals surface area contributed by atoms with Gasteiger partial charge in [0.05, 0.1) is 27.6 Å². The molecule has 5 heteroatoms. The van der Waals surface area contributed by atoms with Gasteiger partial charge in [-0.3, -0.25) is 0 Å². The molecule has 0 radical (unpaired) electrons. The Labute approximate surface area is 333 Å². The topological polar surface area (TPSA) is 48.0 Å². The minimum absolute atomic E-state index is 0.640. The van der Waals surface area contributed by atoms with E-state index < -0.39 is 0 Å². The smallest absolute Gasteiger partial charge is 0.164 e. The highest BCUT2D eigenvalue weighted by atomic mass is 15.0. The number of hydrogen-bond acceptors (Lipinski definition) is 3. The van der Waals surface area contributed by atoms with Crippen molar-refractivity contribution in [3.05, 3.63) is 200 Å². The SMILES string of the molecule is c1ccc(-c2nc(-c3ccccc3)nc(-c3cccc(-c4ccc(-n5c6ccccc6c6c5ccc5cc7c8ccccc8c8ccccc8n7c56)cc4)c3)n2)cc1. The second-order valence-electron chi connectivity index (χ2n) is 14.8. The lowest BCUT2D eigenvalue weighted by molar-refractivity contribution is 1.07. The normalized spacial score (nSPS) is 11.8. The minimum atomic E-state index is 0.640. The van der Waals surface area contributed by atoms with Crippen molar-refractivity contribution in [3.8, 4) is 51.0 Å². The third kappa shape index (κ3) is 5.00. The first-order chi connectivity index (χ1) is 28.8. The molecule has 0 N–H and O–H groups in total. The Balaban J connectivity index is 0.996. The average molecular weight is 740 g/mol. The Hall–Kier alpha value is -7.89. The number of pyridine rings is 1. The molecule has 0 fully saturated rings. The molecule has 58 heavy (non-hydrogen) atoms. The summed E-state index contributed by atoms with van der Waals surface area (Å²) in [6.07, 6.45) is 0. The number of hydrogen-bond donors (Lipinski definition) is 0. The van der Waals surface area contributed by atoms with E-state index in [0.29, 0.717) is 17.5 Å². The minimum Gasteiger partial charge on any atom is -0.309 e. The predicted molar refractivity (Wildman–Crippen MR) is 239 cm³/mol. The molecule has 4 heterocycles. The van der Waals surface area contributed by atoms with Crippen LogP contribution in [0, 0.1) is 0 Å². The van der Waals surface area contributed by atoms with Crippen LogP contribution in [0.15, 0.2) is 200 Å². The standard InChI is InChI=1S/C53H33N5/c1-3-14-35(15-4-1)51-54-52(36-16-5-2-6-17-36)56-53(55-51)39-19-13-18-37(32-39)34-26-29-40(30-27-34)57-46-25-12-10-23-44(46)49-47(57)31-28-38-33-48-43-22-8-7-20-41(43)42-21-9-11-24-45(42)58(48)50(38)49/h1-33H. The van der Waals surface area contributed by atoms with E-state index in [4.69, 9.17) is 15.0 Å². The molecule has 0 unspecified atom stereocenters. The van der Waals surface area contributed by atoms with E-state index in [-0.39, 0.29) is 0 Å². The molecular weight excluding hydrogens is 707 g/mol. The molecule has 8 aromatic carbocycles. The molecular formula is C53H33N5. The van der Waals surface area contributed by atoms with E-state index >= 15 is 0 Å². The fourth-order valence-corrected chi connectivity index (χ4v) is 8.89. The van der Waals surface area contributed by atoms with Crippen molar-refractivity contribution in [1.29, 1.82) is 0 Å². The van der Waals surface area contributed by atoms with E-state index in [0.717, 1.165) is 33.5 Å². The van der Waals surface area contributed by atoms with Crippen molar-refractivity contribution in [2.45, 2.75) is 0 Å². The number of nitrogens with zero attached hydrogens (tertiary/aromatic N) is 5. The summed E-state index contributed by atoms with van der Waals surface area (Å²) in [4.78, 5) is 14.8. The summed E-state index contributed by atoms with van der Waals surface area (Å²) in [5, 5.41) is 7.52. The van der Waals surface area contributed by atoms with Crippen molar-refractivity contribution >= 4 is 59.9 Å². The molecule has 0 atom stereocenters. The van der Waals surface area contributed by atoms with Gasteiger partial charge in [-0.1, -0.05) is 158 Å². The number of para-hydroxylation sites is 2. The van der Waals surface area contributed by atoms with Crippen molar-refractivity contribution < 1.29 is 0 Å². The molecule has 4 aromatic heterocycles. The van der Waals surface area contributed by atoms with Crippen LogP contribution in [0.5, 0.6) is 0 Å². The zero-order valence-electron chi connectivity index (χ0n) is 31.3. The molecule has 0 aliphatic rings. The van der Waals surface area contributed by atoms with Gasteiger partial charge in [-0.05, 0) is 59.0 Å². The second kappa shape index (κ2) is 12.8. The predicted octanol–water partition coefficient (Wildman–Crippen LogP) is 13.3. The molecule has 270 valence electrons. The summed E-state index contributed by atoms with van der Waals surface area (Å²) in [7, 11) is 0. The van der Waals surface area contributed by atoms with Gasteiger partial charge in [-0.2, -0.15) is 0 Å². The van der Waals surface area contributed by atoms with Crippen molar-refractivity contribution in [2.75, 3.05) is 0 Å².